The number of carbonyl (C=O) groups is 1. The van der Waals surface area contributed by atoms with Crippen molar-refractivity contribution >= 4 is 27.4 Å². The molecule has 3 rings (SSSR count). The van der Waals surface area contributed by atoms with E-state index < -0.39 is 15.0 Å². The maximum atomic E-state index is 12.4. The maximum absolute atomic E-state index is 12.4. The summed E-state index contributed by atoms with van der Waals surface area (Å²) in [6.07, 6.45) is 0.898. The number of nitro groups is 1. The number of anilines is 1. The van der Waals surface area contributed by atoms with Crippen molar-refractivity contribution in [1.29, 1.82) is 0 Å². The molecule has 0 saturated carbocycles. The molecule has 0 aromatic heterocycles. The van der Waals surface area contributed by atoms with Gasteiger partial charge in [0.15, 0.2) is 0 Å². The molecule has 3 aromatic rings. The third-order valence-corrected chi connectivity index (χ3v) is 5.50. The van der Waals surface area contributed by atoms with Crippen LogP contribution in [0.25, 0.3) is 0 Å². The van der Waals surface area contributed by atoms with Crippen LogP contribution in [-0.2, 0) is 16.5 Å². The molecule has 9 heteroatoms. The van der Waals surface area contributed by atoms with E-state index in [1.165, 1.54) is 42.5 Å². The fourth-order valence-electron chi connectivity index (χ4n) is 2.62. The molecule has 3 aromatic carbocycles. The molecule has 0 heterocycles. The number of rotatable bonds is 7. The fraction of sp³-hybridized carbons (Fsp3) is 0.0952. The molecular weight excluding hydrogens is 408 g/mol. The molecule has 0 aliphatic rings. The molecule has 0 radical (unpaired) electrons. The molecule has 0 aliphatic carbocycles. The second-order valence-electron chi connectivity index (χ2n) is 6.32. The molecule has 1 amide bonds. The summed E-state index contributed by atoms with van der Waals surface area (Å²) in [4.78, 5) is 22.2. The molecule has 30 heavy (non-hydrogen) atoms. The number of hydrogen-bond donors (Lipinski definition) is 1. The summed E-state index contributed by atoms with van der Waals surface area (Å²) in [5, 5.41) is 13.6. The molecule has 0 spiro atoms. The van der Waals surface area contributed by atoms with Gasteiger partial charge in [0.05, 0.1) is 4.92 Å². The average Bonchev–Trinajstić information content (AvgIpc) is 2.74. The van der Waals surface area contributed by atoms with Crippen LogP contribution in [0.1, 0.15) is 22.8 Å². The third-order valence-electron chi connectivity index (χ3n) is 4.26. The molecule has 0 saturated heterocycles. The topological polar surface area (TPSA) is 116 Å². The standard InChI is InChI=1S/C21H18N2O6S/c1-2-15-6-10-17(11-7-15)22-21(24)16-8-12-19(13-9-16)29-30(27,28)20-5-3-4-18(14-20)23(25)26/h3-14H,2H2,1H3,(H,22,24). The number of benzene rings is 3. The average molecular weight is 426 g/mol. The van der Waals surface area contributed by atoms with Gasteiger partial charge in [0.2, 0.25) is 0 Å². The van der Waals surface area contributed by atoms with Crippen molar-refractivity contribution in [3.8, 4) is 5.75 Å². The van der Waals surface area contributed by atoms with Crippen LogP contribution in [0, 0.1) is 10.1 Å². The Morgan fingerprint density at radius 2 is 1.70 bits per heavy atom. The van der Waals surface area contributed by atoms with Gasteiger partial charge in [0.25, 0.3) is 11.6 Å². The molecule has 154 valence electrons. The van der Waals surface area contributed by atoms with Gasteiger partial charge in [-0.2, -0.15) is 8.42 Å². The van der Waals surface area contributed by atoms with E-state index in [9.17, 15) is 23.3 Å². The van der Waals surface area contributed by atoms with Gasteiger partial charge in [-0.05, 0) is 54.4 Å². The summed E-state index contributed by atoms with van der Waals surface area (Å²) in [6, 6.07) is 17.5. The lowest BCUT2D eigenvalue weighted by molar-refractivity contribution is -0.385. The molecule has 0 aliphatic heterocycles. The van der Waals surface area contributed by atoms with E-state index in [0.717, 1.165) is 18.1 Å². The summed E-state index contributed by atoms with van der Waals surface area (Å²) in [5.41, 5.74) is 1.75. The number of aryl methyl sites for hydroxylation is 1. The number of carbonyl (C=O) groups excluding carboxylic acids is 1. The van der Waals surface area contributed by atoms with E-state index in [1.807, 2.05) is 19.1 Å². The normalized spacial score (nSPS) is 11.0. The van der Waals surface area contributed by atoms with E-state index in [0.29, 0.717) is 11.3 Å². The van der Waals surface area contributed by atoms with Crippen LogP contribution in [0.4, 0.5) is 11.4 Å². The number of amides is 1. The van der Waals surface area contributed by atoms with Gasteiger partial charge in [-0.3, -0.25) is 14.9 Å². The second-order valence-corrected chi connectivity index (χ2v) is 7.87. The minimum Gasteiger partial charge on any atom is -0.379 e. The summed E-state index contributed by atoms with van der Waals surface area (Å²) in [5.74, 6) is -0.377. The first-order valence-corrected chi connectivity index (χ1v) is 10.4. The number of hydrogen-bond acceptors (Lipinski definition) is 6. The molecule has 0 bridgehead atoms. The van der Waals surface area contributed by atoms with Crippen molar-refractivity contribution in [2.75, 3.05) is 5.32 Å². The monoisotopic (exact) mass is 426 g/mol. The lowest BCUT2D eigenvalue weighted by Gasteiger charge is -2.09. The minimum absolute atomic E-state index is 0.0228. The number of nitro benzene ring substituents is 1. The highest BCUT2D eigenvalue weighted by Gasteiger charge is 2.20. The summed E-state index contributed by atoms with van der Waals surface area (Å²) in [7, 11) is -4.26. The SMILES string of the molecule is CCc1ccc(NC(=O)c2ccc(OS(=O)(=O)c3cccc([N+](=O)[O-])c3)cc2)cc1. The van der Waals surface area contributed by atoms with Crippen LogP contribution in [0.2, 0.25) is 0 Å². The Bertz CT molecular complexity index is 1170. The van der Waals surface area contributed by atoms with Crippen molar-refractivity contribution in [2.45, 2.75) is 18.2 Å². The Balaban J connectivity index is 1.71. The lowest BCUT2D eigenvalue weighted by Crippen LogP contribution is -2.12. The summed E-state index contributed by atoms with van der Waals surface area (Å²) >= 11 is 0. The minimum atomic E-state index is -4.26. The Morgan fingerprint density at radius 1 is 1.03 bits per heavy atom. The fourth-order valence-corrected chi connectivity index (χ4v) is 3.59. The van der Waals surface area contributed by atoms with Crippen molar-refractivity contribution < 1.29 is 22.3 Å². The van der Waals surface area contributed by atoms with E-state index >= 15 is 0 Å². The zero-order valence-electron chi connectivity index (χ0n) is 15.9. The first kappa shape index (κ1) is 21.0. The Morgan fingerprint density at radius 3 is 2.30 bits per heavy atom. The molecule has 0 fully saturated rings. The maximum Gasteiger partial charge on any atom is 0.339 e. The van der Waals surface area contributed by atoms with Crippen molar-refractivity contribution in [1.82, 2.24) is 0 Å². The van der Waals surface area contributed by atoms with Crippen molar-refractivity contribution in [3.05, 3.63) is 94.0 Å². The second kappa shape index (κ2) is 8.75. The van der Waals surface area contributed by atoms with Crippen LogP contribution in [0.5, 0.6) is 5.75 Å². The van der Waals surface area contributed by atoms with E-state index in [2.05, 4.69) is 5.32 Å². The lowest BCUT2D eigenvalue weighted by atomic mass is 10.1. The highest BCUT2D eigenvalue weighted by atomic mass is 32.2. The van der Waals surface area contributed by atoms with Gasteiger partial charge in [0.1, 0.15) is 10.6 Å². The Kier molecular flexibility index (Phi) is 6.12. The van der Waals surface area contributed by atoms with Crippen molar-refractivity contribution in [2.24, 2.45) is 0 Å². The van der Waals surface area contributed by atoms with Gasteiger partial charge in [-0.25, -0.2) is 0 Å². The van der Waals surface area contributed by atoms with Gasteiger partial charge >= 0.3 is 10.1 Å². The number of nitrogens with zero attached hydrogens (tertiary/aromatic N) is 1. The van der Waals surface area contributed by atoms with E-state index in [4.69, 9.17) is 4.18 Å². The number of nitrogens with one attached hydrogen (secondary N) is 1. The highest BCUT2D eigenvalue weighted by Crippen LogP contribution is 2.22. The first-order chi connectivity index (χ1) is 14.3. The molecule has 8 nitrogen and oxygen atoms in total. The van der Waals surface area contributed by atoms with Crippen molar-refractivity contribution in [3.63, 3.8) is 0 Å². The third kappa shape index (κ3) is 5.00. The molecule has 0 atom stereocenters. The smallest absolute Gasteiger partial charge is 0.339 e. The predicted octanol–water partition coefficient (Wildman–Crippen LogP) is 4.18. The van der Waals surface area contributed by atoms with Crippen LogP contribution < -0.4 is 9.50 Å². The summed E-state index contributed by atoms with van der Waals surface area (Å²) in [6.45, 7) is 2.04. The quantitative estimate of drug-likeness (QED) is 0.344. The predicted molar refractivity (Wildman–Crippen MR) is 111 cm³/mol. The first-order valence-electron chi connectivity index (χ1n) is 8.98. The van der Waals surface area contributed by atoms with Gasteiger partial charge < -0.3 is 9.50 Å². The largest absolute Gasteiger partial charge is 0.379 e. The highest BCUT2D eigenvalue weighted by molar-refractivity contribution is 7.87. The van der Waals surface area contributed by atoms with Crippen LogP contribution in [-0.4, -0.2) is 19.2 Å². The Labute approximate surface area is 173 Å². The number of non-ortho nitro benzene ring substituents is 1. The van der Waals surface area contributed by atoms with Gasteiger partial charge in [0, 0.05) is 23.4 Å². The van der Waals surface area contributed by atoms with Gasteiger partial charge in [-0.1, -0.05) is 25.1 Å². The van der Waals surface area contributed by atoms with Crippen LogP contribution in [0.3, 0.4) is 0 Å². The zero-order valence-corrected chi connectivity index (χ0v) is 16.8. The van der Waals surface area contributed by atoms with E-state index in [1.54, 1.807) is 12.1 Å². The van der Waals surface area contributed by atoms with E-state index in [-0.39, 0.29) is 22.2 Å². The molecule has 1 N–H and O–H groups in total. The zero-order chi connectivity index (χ0) is 21.7. The summed E-state index contributed by atoms with van der Waals surface area (Å²) < 4.78 is 29.7. The van der Waals surface area contributed by atoms with Gasteiger partial charge in [-0.15, -0.1) is 0 Å². The Hall–Kier alpha value is -3.72. The van der Waals surface area contributed by atoms with Crippen LogP contribution >= 0.6 is 0 Å². The molecule has 0 unspecified atom stereocenters. The molecular formula is C21H18N2O6S. The van der Waals surface area contributed by atoms with Crippen LogP contribution in [0.15, 0.2) is 77.7 Å².